The van der Waals surface area contributed by atoms with E-state index in [0.29, 0.717) is 18.7 Å². The Hall–Kier alpha value is -1.64. The first kappa shape index (κ1) is 12.4. The third-order valence-corrected chi connectivity index (χ3v) is 2.36. The zero-order chi connectivity index (χ0) is 12.0. The Morgan fingerprint density at radius 3 is 2.31 bits per heavy atom. The van der Waals surface area contributed by atoms with Gasteiger partial charge in [-0.15, -0.1) is 0 Å². The minimum absolute atomic E-state index is 0.378. The van der Waals surface area contributed by atoms with Gasteiger partial charge in [-0.3, -0.25) is 4.79 Å². The molecule has 86 valence electrons. The predicted molar refractivity (Wildman–Crippen MR) is 62.9 cm³/mol. The Morgan fingerprint density at radius 2 is 1.81 bits per heavy atom. The largest absolute Gasteiger partial charge is 0.375 e. The lowest BCUT2D eigenvalue weighted by Crippen LogP contribution is -2.17. The fourth-order valence-electron chi connectivity index (χ4n) is 1.35. The predicted octanol–water partition coefficient (Wildman–Crippen LogP) is 3.02. The highest BCUT2D eigenvalue weighted by Gasteiger charge is 2.12. The number of ketones is 1. The number of benzene rings is 1. The SMILES string of the molecule is CCN(/C=C(\F)C(=O)c1ccccc1)CC. The van der Waals surface area contributed by atoms with Gasteiger partial charge in [0.25, 0.3) is 0 Å². The van der Waals surface area contributed by atoms with Gasteiger partial charge in [-0.25, -0.2) is 4.39 Å². The molecule has 0 unspecified atom stereocenters. The van der Waals surface area contributed by atoms with Gasteiger partial charge in [0.2, 0.25) is 5.78 Å². The maximum absolute atomic E-state index is 13.6. The van der Waals surface area contributed by atoms with E-state index >= 15 is 0 Å². The van der Waals surface area contributed by atoms with E-state index in [4.69, 9.17) is 0 Å². The summed E-state index contributed by atoms with van der Waals surface area (Å²) >= 11 is 0. The number of rotatable bonds is 5. The standard InChI is InChI=1S/C13H16FNO/c1-3-15(4-2)10-12(14)13(16)11-8-6-5-7-9-11/h5-10H,3-4H2,1-2H3/b12-10-. The highest BCUT2D eigenvalue weighted by atomic mass is 19.1. The molecule has 0 amide bonds. The molecule has 0 saturated heterocycles. The first-order valence-electron chi connectivity index (χ1n) is 5.40. The zero-order valence-electron chi connectivity index (χ0n) is 9.61. The lowest BCUT2D eigenvalue weighted by molar-refractivity contribution is 0.100. The number of hydrogen-bond donors (Lipinski definition) is 0. The van der Waals surface area contributed by atoms with Crippen LogP contribution in [0.4, 0.5) is 4.39 Å². The van der Waals surface area contributed by atoms with E-state index in [-0.39, 0.29) is 0 Å². The molecule has 0 spiro atoms. The van der Waals surface area contributed by atoms with Crippen molar-refractivity contribution in [1.82, 2.24) is 4.90 Å². The van der Waals surface area contributed by atoms with Crippen molar-refractivity contribution in [2.45, 2.75) is 13.8 Å². The highest BCUT2D eigenvalue weighted by molar-refractivity contribution is 6.07. The summed E-state index contributed by atoms with van der Waals surface area (Å²) in [5.41, 5.74) is 0.378. The first-order valence-corrected chi connectivity index (χ1v) is 5.40. The number of nitrogens with zero attached hydrogens (tertiary/aromatic N) is 1. The van der Waals surface area contributed by atoms with Gasteiger partial charge in [-0.1, -0.05) is 30.3 Å². The van der Waals surface area contributed by atoms with Gasteiger partial charge in [0.15, 0.2) is 5.83 Å². The van der Waals surface area contributed by atoms with Crippen LogP contribution < -0.4 is 0 Å². The third-order valence-electron chi connectivity index (χ3n) is 2.36. The summed E-state index contributed by atoms with van der Waals surface area (Å²) in [6.07, 6.45) is 1.27. The minimum Gasteiger partial charge on any atom is -0.375 e. The monoisotopic (exact) mass is 221 g/mol. The van der Waals surface area contributed by atoms with Crippen molar-refractivity contribution in [3.05, 3.63) is 47.9 Å². The van der Waals surface area contributed by atoms with Crippen LogP contribution in [0.1, 0.15) is 24.2 Å². The first-order chi connectivity index (χ1) is 7.69. The summed E-state index contributed by atoms with van der Waals surface area (Å²) in [6, 6.07) is 8.45. The molecule has 1 aromatic rings. The van der Waals surface area contributed by atoms with Crippen molar-refractivity contribution >= 4 is 5.78 Å². The molecule has 0 radical (unpaired) electrons. The number of carbonyl (C=O) groups is 1. The molecule has 0 atom stereocenters. The maximum Gasteiger partial charge on any atom is 0.222 e. The number of halogens is 1. The molecule has 0 N–H and O–H groups in total. The second-order valence-corrected chi connectivity index (χ2v) is 3.39. The molecule has 0 fully saturated rings. The molecule has 0 aliphatic carbocycles. The molecule has 0 saturated carbocycles. The summed E-state index contributed by atoms with van der Waals surface area (Å²) in [5.74, 6) is -1.28. The van der Waals surface area contributed by atoms with E-state index in [1.54, 1.807) is 35.2 Å². The summed E-state index contributed by atoms with van der Waals surface area (Å²) in [7, 11) is 0. The molecule has 16 heavy (non-hydrogen) atoms. The summed E-state index contributed by atoms with van der Waals surface area (Å²) in [6.45, 7) is 5.21. The number of allylic oxidation sites excluding steroid dienone is 1. The van der Waals surface area contributed by atoms with E-state index in [0.717, 1.165) is 0 Å². The average molecular weight is 221 g/mol. The molecule has 0 aromatic heterocycles. The molecule has 1 aromatic carbocycles. The van der Waals surface area contributed by atoms with Crippen molar-refractivity contribution in [1.29, 1.82) is 0 Å². The van der Waals surface area contributed by atoms with Crippen molar-refractivity contribution in [3.8, 4) is 0 Å². The molecule has 0 aliphatic rings. The Morgan fingerprint density at radius 1 is 1.25 bits per heavy atom. The van der Waals surface area contributed by atoms with E-state index in [9.17, 15) is 9.18 Å². The van der Waals surface area contributed by atoms with Gasteiger partial charge < -0.3 is 4.90 Å². The number of Topliss-reactive ketones (excluding diaryl/α,β-unsaturated/α-hetero) is 1. The Bertz CT molecular complexity index is 369. The van der Waals surface area contributed by atoms with Crippen molar-refractivity contribution in [3.63, 3.8) is 0 Å². The molecular weight excluding hydrogens is 205 g/mol. The lowest BCUT2D eigenvalue weighted by atomic mass is 10.1. The Balaban J connectivity index is 2.82. The summed E-state index contributed by atoms with van der Waals surface area (Å²) in [5, 5.41) is 0. The maximum atomic E-state index is 13.6. The van der Waals surface area contributed by atoms with Crippen molar-refractivity contribution < 1.29 is 9.18 Å². The second kappa shape index (κ2) is 6.05. The second-order valence-electron chi connectivity index (χ2n) is 3.39. The smallest absolute Gasteiger partial charge is 0.222 e. The molecular formula is C13H16FNO. The molecule has 0 heterocycles. The number of carbonyl (C=O) groups excluding carboxylic acids is 1. The summed E-state index contributed by atoms with van der Waals surface area (Å²) < 4.78 is 13.6. The molecule has 0 bridgehead atoms. The van der Waals surface area contributed by atoms with E-state index < -0.39 is 11.6 Å². The highest BCUT2D eigenvalue weighted by Crippen LogP contribution is 2.10. The van der Waals surface area contributed by atoms with Crippen molar-refractivity contribution in [2.75, 3.05) is 13.1 Å². The van der Waals surface area contributed by atoms with Crippen LogP contribution in [0.3, 0.4) is 0 Å². The van der Waals surface area contributed by atoms with Gasteiger partial charge in [-0.2, -0.15) is 0 Å². The normalized spacial score (nSPS) is 11.3. The van der Waals surface area contributed by atoms with Crippen LogP contribution in [0.5, 0.6) is 0 Å². The molecule has 3 heteroatoms. The number of hydrogen-bond acceptors (Lipinski definition) is 2. The van der Waals surface area contributed by atoms with E-state index in [2.05, 4.69) is 0 Å². The Labute approximate surface area is 95.4 Å². The van der Waals surface area contributed by atoms with Gasteiger partial charge in [0, 0.05) is 24.9 Å². The fraction of sp³-hybridized carbons (Fsp3) is 0.308. The molecule has 1 rings (SSSR count). The minimum atomic E-state index is -0.713. The van der Waals surface area contributed by atoms with Crippen LogP contribution in [-0.4, -0.2) is 23.8 Å². The Kier molecular flexibility index (Phi) is 4.70. The van der Waals surface area contributed by atoms with Crippen LogP contribution in [0.25, 0.3) is 0 Å². The van der Waals surface area contributed by atoms with Crippen LogP contribution in [0, 0.1) is 0 Å². The van der Waals surface area contributed by atoms with E-state index in [1.165, 1.54) is 6.20 Å². The van der Waals surface area contributed by atoms with Crippen molar-refractivity contribution in [2.24, 2.45) is 0 Å². The third kappa shape index (κ3) is 3.19. The zero-order valence-corrected chi connectivity index (χ0v) is 9.61. The lowest BCUT2D eigenvalue weighted by Gasteiger charge is -2.14. The molecule has 0 aliphatic heterocycles. The van der Waals surface area contributed by atoms with Crippen LogP contribution in [0.2, 0.25) is 0 Å². The quantitative estimate of drug-likeness (QED) is 0.562. The van der Waals surface area contributed by atoms with Gasteiger partial charge >= 0.3 is 0 Å². The topological polar surface area (TPSA) is 20.3 Å². The fourth-order valence-corrected chi connectivity index (χ4v) is 1.35. The van der Waals surface area contributed by atoms with Gasteiger partial charge in [0.1, 0.15) is 0 Å². The van der Waals surface area contributed by atoms with E-state index in [1.807, 2.05) is 13.8 Å². The van der Waals surface area contributed by atoms with Gasteiger partial charge in [0.05, 0.1) is 0 Å². The van der Waals surface area contributed by atoms with Gasteiger partial charge in [-0.05, 0) is 13.8 Å². The van der Waals surface area contributed by atoms with Crippen LogP contribution >= 0.6 is 0 Å². The molecule has 2 nitrogen and oxygen atoms in total. The van der Waals surface area contributed by atoms with Crippen LogP contribution in [-0.2, 0) is 0 Å². The average Bonchev–Trinajstić information content (AvgIpc) is 2.35. The summed E-state index contributed by atoms with van der Waals surface area (Å²) in [4.78, 5) is 13.4. The van der Waals surface area contributed by atoms with Crippen LogP contribution in [0.15, 0.2) is 42.4 Å².